The van der Waals surface area contributed by atoms with E-state index in [4.69, 9.17) is 16.7 Å². The highest BCUT2D eigenvalue weighted by atomic mass is 79.9. The van der Waals surface area contributed by atoms with E-state index in [9.17, 15) is 8.42 Å². The van der Waals surface area contributed by atoms with Gasteiger partial charge in [0.2, 0.25) is 0 Å². The lowest BCUT2D eigenvalue weighted by atomic mass is 10.2. The highest BCUT2D eigenvalue weighted by Crippen LogP contribution is 2.25. The van der Waals surface area contributed by atoms with Crippen molar-refractivity contribution >= 4 is 43.2 Å². The standard InChI is InChI=1S/C13H11BrClNO3S/c14-10-2-4-11(5-3-10)16-20(18,19)13-7-9(8-17)1-6-12(13)15/h1-7,16-17H,8H2. The fraction of sp³-hybridized carbons (Fsp3) is 0.0769. The van der Waals surface area contributed by atoms with Gasteiger partial charge in [0.1, 0.15) is 4.90 Å². The van der Waals surface area contributed by atoms with E-state index in [0.717, 1.165) is 4.47 Å². The zero-order valence-corrected chi connectivity index (χ0v) is 13.3. The molecule has 0 spiro atoms. The molecule has 0 fully saturated rings. The number of nitrogens with one attached hydrogen (secondary N) is 1. The van der Waals surface area contributed by atoms with Gasteiger partial charge in [0, 0.05) is 10.2 Å². The summed E-state index contributed by atoms with van der Waals surface area (Å²) in [7, 11) is -3.80. The second-order valence-corrected chi connectivity index (χ2v) is 7.01. The van der Waals surface area contributed by atoms with Crippen molar-refractivity contribution in [3.8, 4) is 0 Å². The number of halogens is 2. The molecular weight excluding hydrogens is 366 g/mol. The van der Waals surface area contributed by atoms with Crippen LogP contribution in [0.1, 0.15) is 5.56 Å². The molecule has 0 radical (unpaired) electrons. The first-order chi connectivity index (χ1) is 9.42. The van der Waals surface area contributed by atoms with Gasteiger partial charge < -0.3 is 5.11 Å². The van der Waals surface area contributed by atoms with Crippen LogP contribution in [0.4, 0.5) is 5.69 Å². The summed E-state index contributed by atoms with van der Waals surface area (Å²) in [5.41, 5.74) is 0.907. The summed E-state index contributed by atoms with van der Waals surface area (Å²) in [6.07, 6.45) is 0. The Bertz CT molecular complexity index is 717. The second-order valence-electron chi connectivity index (χ2n) is 4.04. The van der Waals surface area contributed by atoms with Crippen LogP contribution in [0.15, 0.2) is 51.8 Å². The van der Waals surface area contributed by atoms with Gasteiger partial charge in [-0.05, 0) is 42.0 Å². The fourth-order valence-electron chi connectivity index (χ4n) is 1.58. The Morgan fingerprint density at radius 2 is 1.80 bits per heavy atom. The van der Waals surface area contributed by atoms with Crippen LogP contribution >= 0.6 is 27.5 Å². The van der Waals surface area contributed by atoms with Gasteiger partial charge in [-0.2, -0.15) is 0 Å². The highest BCUT2D eigenvalue weighted by molar-refractivity contribution is 9.10. The molecule has 0 saturated carbocycles. The first kappa shape index (κ1) is 15.3. The van der Waals surface area contributed by atoms with Crippen LogP contribution in [0.5, 0.6) is 0 Å². The van der Waals surface area contributed by atoms with Gasteiger partial charge in [-0.15, -0.1) is 0 Å². The molecule has 2 rings (SSSR count). The molecule has 0 saturated heterocycles. The van der Waals surface area contributed by atoms with Crippen LogP contribution in [-0.4, -0.2) is 13.5 Å². The summed E-state index contributed by atoms with van der Waals surface area (Å²) < 4.78 is 27.9. The Morgan fingerprint density at radius 1 is 1.15 bits per heavy atom. The molecule has 0 atom stereocenters. The third kappa shape index (κ3) is 3.52. The van der Waals surface area contributed by atoms with Crippen LogP contribution in [0.25, 0.3) is 0 Å². The van der Waals surface area contributed by atoms with Crippen molar-refractivity contribution in [3.05, 3.63) is 57.5 Å². The van der Waals surface area contributed by atoms with Crippen molar-refractivity contribution < 1.29 is 13.5 Å². The lowest BCUT2D eigenvalue weighted by molar-refractivity contribution is 0.281. The number of anilines is 1. The van der Waals surface area contributed by atoms with Crippen molar-refractivity contribution in [2.45, 2.75) is 11.5 Å². The van der Waals surface area contributed by atoms with Crippen molar-refractivity contribution in [2.75, 3.05) is 4.72 Å². The molecule has 0 amide bonds. The van der Waals surface area contributed by atoms with Gasteiger partial charge in [-0.25, -0.2) is 8.42 Å². The average Bonchev–Trinajstić information content (AvgIpc) is 2.41. The van der Waals surface area contributed by atoms with Crippen LogP contribution in [0, 0.1) is 0 Å². The molecule has 0 aliphatic heterocycles. The first-order valence-electron chi connectivity index (χ1n) is 5.60. The lowest BCUT2D eigenvalue weighted by Gasteiger charge is -2.10. The van der Waals surface area contributed by atoms with E-state index < -0.39 is 10.0 Å². The van der Waals surface area contributed by atoms with Crippen molar-refractivity contribution in [1.29, 1.82) is 0 Å². The Kier molecular flexibility index (Phi) is 4.70. The predicted molar refractivity (Wildman–Crippen MR) is 82.3 cm³/mol. The van der Waals surface area contributed by atoms with Crippen molar-refractivity contribution in [1.82, 2.24) is 0 Å². The molecule has 7 heteroatoms. The minimum absolute atomic E-state index is 0.0614. The number of hydrogen-bond donors (Lipinski definition) is 2. The van der Waals surface area contributed by atoms with Gasteiger partial charge in [-0.1, -0.05) is 33.6 Å². The summed E-state index contributed by atoms with van der Waals surface area (Å²) in [6, 6.07) is 11.1. The second kappa shape index (κ2) is 6.13. The van der Waals surface area contributed by atoms with Gasteiger partial charge in [0.05, 0.1) is 11.6 Å². The molecule has 0 heterocycles. The summed E-state index contributed by atoms with van der Waals surface area (Å²) >= 11 is 9.20. The molecule has 0 unspecified atom stereocenters. The summed E-state index contributed by atoms with van der Waals surface area (Å²) in [5.74, 6) is 0. The van der Waals surface area contributed by atoms with E-state index in [1.807, 2.05) is 0 Å². The quantitative estimate of drug-likeness (QED) is 0.859. The molecule has 0 aliphatic carbocycles. The molecule has 0 aromatic heterocycles. The van der Waals surface area contributed by atoms with E-state index in [0.29, 0.717) is 11.3 Å². The van der Waals surface area contributed by atoms with Crippen molar-refractivity contribution in [3.63, 3.8) is 0 Å². The van der Waals surface area contributed by atoms with Crippen LogP contribution in [-0.2, 0) is 16.6 Å². The van der Waals surface area contributed by atoms with Gasteiger partial charge in [0.15, 0.2) is 0 Å². The largest absolute Gasteiger partial charge is 0.392 e. The summed E-state index contributed by atoms with van der Waals surface area (Å²) in [5, 5.41) is 9.18. The topological polar surface area (TPSA) is 66.4 Å². The van der Waals surface area contributed by atoms with E-state index in [1.54, 1.807) is 30.3 Å². The SMILES string of the molecule is O=S(=O)(Nc1ccc(Br)cc1)c1cc(CO)ccc1Cl. The first-order valence-corrected chi connectivity index (χ1v) is 8.25. The Morgan fingerprint density at radius 3 is 2.40 bits per heavy atom. The summed E-state index contributed by atoms with van der Waals surface area (Å²) in [6.45, 7) is -0.252. The summed E-state index contributed by atoms with van der Waals surface area (Å²) in [4.78, 5) is -0.0614. The van der Waals surface area contributed by atoms with Gasteiger partial charge in [0.25, 0.3) is 10.0 Å². The van der Waals surface area contributed by atoms with Gasteiger partial charge in [-0.3, -0.25) is 4.72 Å². The lowest BCUT2D eigenvalue weighted by Crippen LogP contribution is -2.13. The molecule has 2 N–H and O–H groups in total. The maximum atomic E-state index is 12.3. The molecule has 0 bridgehead atoms. The zero-order valence-electron chi connectivity index (χ0n) is 10.2. The third-order valence-corrected chi connectivity index (χ3v) is 4.96. The van der Waals surface area contributed by atoms with Crippen LogP contribution < -0.4 is 4.72 Å². The highest BCUT2D eigenvalue weighted by Gasteiger charge is 2.18. The van der Waals surface area contributed by atoms with E-state index in [-0.39, 0.29) is 16.5 Å². The predicted octanol–water partition coefficient (Wildman–Crippen LogP) is 3.40. The molecular formula is C13H11BrClNO3S. The van der Waals surface area contributed by atoms with E-state index in [2.05, 4.69) is 20.7 Å². The number of hydrogen-bond acceptors (Lipinski definition) is 3. The van der Waals surface area contributed by atoms with Gasteiger partial charge >= 0.3 is 0 Å². The monoisotopic (exact) mass is 375 g/mol. The number of benzene rings is 2. The van der Waals surface area contributed by atoms with Crippen molar-refractivity contribution in [2.24, 2.45) is 0 Å². The average molecular weight is 377 g/mol. The Labute approximate surface area is 130 Å². The molecule has 20 heavy (non-hydrogen) atoms. The Balaban J connectivity index is 2.37. The minimum atomic E-state index is -3.80. The van der Waals surface area contributed by atoms with Crippen LogP contribution in [0.2, 0.25) is 5.02 Å². The van der Waals surface area contributed by atoms with E-state index in [1.165, 1.54) is 12.1 Å². The molecule has 2 aromatic carbocycles. The molecule has 0 aliphatic rings. The number of sulfonamides is 1. The smallest absolute Gasteiger partial charge is 0.263 e. The molecule has 106 valence electrons. The number of rotatable bonds is 4. The maximum Gasteiger partial charge on any atom is 0.263 e. The number of aliphatic hydroxyl groups is 1. The Hall–Kier alpha value is -1.08. The fourth-order valence-corrected chi connectivity index (χ4v) is 3.45. The number of aliphatic hydroxyl groups excluding tert-OH is 1. The van der Waals surface area contributed by atoms with E-state index >= 15 is 0 Å². The zero-order chi connectivity index (χ0) is 14.8. The molecule has 4 nitrogen and oxygen atoms in total. The normalized spacial score (nSPS) is 11.3. The third-order valence-electron chi connectivity index (χ3n) is 2.56. The molecule has 2 aromatic rings. The van der Waals surface area contributed by atoms with Crippen LogP contribution in [0.3, 0.4) is 0 Å². The minimum Gasteiger partial charge on any atom is -0.392 e. The maximum absolute atomic E-state index is 12.3.